The number of rotatable bonds is 2. The lowest BCUT2D eigenvalue weighted by Gasteiger charge is -2.06. The van der Waals surface area contributed by atoms with E-state index in [2.05, 4.69) is 33.1 Å². The largest absolute Gasteiger partial charge is 0.506 e. The van der Waals surface area contributed by atoms with Crippen molar-refractivity contribution in [2.45, 2.75) is 11.8 Å². The van der Waals surface area contributed by atoms with Crippen molar-refractivity contribution in [2.24, 2.45) is 10.2 Å². The summed E-state index contributed by atoms with van der Waals surface area (Å²) in [7, 11) is 0. The highest BCUT2D eigenvalue weighted by Gasteiger charge is 2.09. The molecule has 1 heterocycles. The summed E-state index contributed by atoms with van der Waals surface area (Å²) in [6, 6.07) is 9.11. The van der Waals surface area contributed by atoms with Crippen molar-refractivity contribution < 1.29 is 5.11 Å². The highest BCUT2D eigenvalue weighted by Crippen LogP contribution is 2.38. The van der Waals surface area contributed by atoms with Crippen LogP contribution in [-0.2, 0) is 0 Å². The predicted molar refractivity (Wildman–Crippen MR) is 81.7 cm³/mol. The molecule has 100 valence electrons. The zero-order chi connectivity index (χ0) is 14.1. The summed E-state index contributed by atoms with van der Waals surface area (Å²) >= 11 is 5.62. The Hall–Kier alpha value is -1.99. The van der Waals surface area contributed by atoms with Crippen molar-refractivity contribution in [3.05, 3.63) is 35.3 Å². The van der Waals surface area contributed by atoms with E-state index in [9.17, 15) is 5.11 Å². The Morgan fingerprint density at radius 2 is 1.90 bits per heavy atom. The molecule has 0 unspecified atom stereocenters. The van der Waals surface area contributed by atoms with E-state index in [-0.39, 0.29) is 5.75 Å². The number of thiol groups is 1. The Morgan fingerprint density at radius 3 is 2.60 bits per heavy atom. The van der Waals surface area contributed by atoms with Crippen LogP contribution in [0.1, 0.15) is 5.01 Å². The first-order valence-corrected chi connectivity index (χ1v) is 7.07. The third kappa shape index (κ3) is 2.37. The van der Waals surface area contributed by atoms with Gasteiger partial charge in [0, 0.05) is 15.7 Å². The Bertz CT molecular complexity index is 813. The molecule has 0 radical (unpaired) electrons. The smallest absolute Gasteiger partial charge is 0.251 e. The van der Waals surface area contributed by atoms with E-state index in [0.29, 0.717) is 21.1 Å². The van der Waals surface area contributed by atoms with Gasteiger partial charge in [-0.1, -0.05) is 35.6 Å². The molecule has 0 saturated heterocycles. The van der Waals surface area contributed by atoms with E-state index in [1.165, 1.54) is 11.3 Å². The quantitative estimate of drug-likeness (QED) is 0.544. The molecule has 0 atom stereocenters. The van der Waals surface area contributed by atoms with Crippen LogP contribution >= 0.6 is 24.0 Å². The molecule has 0 saturated carbocycles. The Balaban J connectivity index is 2.12. The van der Waals surface area contributed by atoms with Gasteiger partial charge in [-0.05, 0) is 13.0 Å². The molecular weight excluding hydrogens is 292 g/mol. The third-order valence-electron chi connectivity index (χ3n) is 2.73. The number of benzene rings is 2. The van der Waals surface area contributed by atoms with Crippen molar-refractivity contribution in [3.63, 3.8) is 0 Å². The maximum Gasteiger partial charge on any atom is 0.251 e. The first kappa shape index (κ1) is 13.0. The first-order chi connectivity index (χ1) is 9.65. The minimum absolute atomic E-state index is 0.148. The van der Waals surface area contributed by atoms with Crippen molar-refractivity contribution in [3.8, 4) is 5.75 Å². The zero-order valence-electron chi connectivity index (χ0n) is 10.5. The number of hydrogen-bond donors (Lipinski definition) is 2. The molecular formula is C13H10N4OS2. The van der Waals surface area contributed by atoms with Gasteiger partial charge in [-0.25, -0.2) is 0 Å². The molecule has 0 amide bonds. The van der Waals surface area contributed by atoms with Gasteiger partial charge in [-0.15, -0.1) is 33.1 Å². The van der Waals surface area contributed by atoms with Crippen LogP contribution in [0.5, 0.6) is 5.75 Å². The lowest BCUT2D eigenvalue weighted by atomic mass is 10.1. The molecule has 5 nitrogen and oxygen atoms in total. The Morgan fingerprint density at radius 1 is 1.15 bits per heavy atom. The van der Waals surface area contributed by atoms with Gasteiger partial charge in [0.2, 0.25) is 0 Å². The molecule has 0 aliphatic carbocycles. The summed E-state index contributed by atoms with van der Waals surface area (Å²) in [5, 5.41) is 28.9. The van der Waals surface area contributed by atoms with E-state index in [1.807, 2.05) is 31.2 Å². The second-order valence-corrected chi connectivity index (χ2v) is 5.75. The van der Waals surface area contributed by atoms with Gasteiger partial charge in [-0.2, -0.15) is 0 Å². The van der Waals surface area contributed by atoms with Gasteiger partial charge >= 0.3 is 0 Å². The van der Waals surface area contributed by atoms with Gasteiger partial charge in [0.15, 0.2) is 0 Å². The summed E-state index contributed by atoms with van der Waals surface area (Å²) in [4.78, 5) is 0.464. The normalized spacial score (nSPS) is 11.5. The molecule has 7 heteroatoms. The SMILES string of the molecule is Cc1nnc(N=Nc2cc(S)c(O)c3ccccc23)s1. The Labute approximate surface area is 124 Å². The topological polar surface area (TPSA) is 70.7 Å². The average molecular weight is 302 g/mol. The zero-order valence-corrected chi connectivity index (χ0v) is 12.2. The van der Waals surface area contributed by atoms with E-state index >= 15 is 0 Å². The maximum absolute atomic E-state index is 10.0. The molecule has 0 fully saturated rings. The number of hydrogen-bond acceptors (Lipinski definition) is 7. The molecule has 2 aromatic carbocycles. The highest BCUT2D eigenvalue weighted by molar-refractivity contribution is 7.80. The summed E-state index contributed by atoms with van der Waals surface area (Å²) in [6.45, 7) is 1.86. The minimum Gasteiger partial charge on any atom is -0.506 e. The molecule has 0 aliphatic heterocycles. The minimum atomic E-state index is 0.148. The fraction of sp³-hybridized carbons (Fsp3) is 0.0769. The molecule has 20 heavy (non-hydrogen) atoms. The molecule has 3 rings (SSSR count). The second-order valence-electron chi connectivity index (χ2n) is 4.11. The average Bonchev–Trinajstić information content (AvgIpc) is 2.87. The van der Waals surface area contributed by atoms with Crippen LogP contribution in [0, 0.1) is 6.92 Å². The molecule has 3 aromatic rings. The maximum atomic E-state index is 10.0. The number of phenols is 1. The number of phenolic OH excluding ortho intramolecular Hbond substituents is 1. The molecule has 0 aliphatic rings. The van der Waals surface area contributed by atoms with Crippen LogP contribution in [-0.4, -0.2) is 15.3 Å². The summed E-state index contributed by atoms with van der Waals surface area (Å²) in [5.41, 5.74) is 0.635. The van der Waals surface area contributed by atoms with Crippen LogP contribution < -0.4 is 0 Å². The Kier molecular flexibility index (Phi) is 3.37. The second kappa shape index (κ2) is 5.18. The van der Waals surface area contributed by atoms with Crippen LogP contribution in [0.15, 0.2) is 45.5 Å². The van der Waals surface area contributed by atoms with Gasteiger partial charge < -0.3 is 5.11 Å². The van der Waals surface area contributed by atoms with Gasteiger partial charge in [0.25, 0.3) is 5.13 Å². The monoisotopic (exact) mass is 302 g/mol. The van der Waals surface area contributed by atoms with Crippen LogP contribution in [0.2, 0.25) is 0 Å². The summed E-state index contributed by atoms with van der Waals surface area (Å²) in [6.07, 6.45) is 0. The number of azo groups is 1. The van der Waals surface area contributed by atoms with E-state index < -0.39 is 0 Å². The van der Waals surface area contributed by atoms with Gasteiger partial charge in [-0.3, -0.25) is 0 Å². The number of aryl methyl sites for hydroxylation is 1. The fourth-order valence-electron chi connectivity index (χ4n) is 1.83. The van der Waals surface area contributed by atoms with Gasteiger partial charge in [0.1, 0.15) is 10.8 Å². The summed E-state index contributed by atoms with van der Waals surface area (Å²) in [5.74, 6) is 0.148. The van der Waals surface area contributed by atoms with E-state index in [4.69, 9.17) is 0 Å². The van der Waals surface area contributed by atoms with Crippen LogP contribution in [0.25, 0.3) is 10.8 Å². The van der Waals surface area contributed by atoms with Gasteiger partial charge in [0.05, 0.1) is 5.69 Å². The molecule has 1 aromatic heterocycles. The van der Waals surface area contributed by atoms with Crippen molar-refractivity contribution >= 4 is 45.6 Å². The lowest BCUT2D eigenvalue weighted by Crippen LogP contribution is -1.77. The van der Waals surface area contributed by atoms with Crippen LogP contribution in [0.4, 0.5) is 10.8 Å². The lowest BCUT2D eigenvalue weighted by molar-refractivity contribution is 0.469. The third-order valence-corrected chi connectivity index (χ3v) is 3.80. The fourth-order valence-corrected chi connectivity index (χ4v) is 2.58. The molecule has 0 bridgehead atoms. The van der Waals surface area contributed by atoms with E-state index in [1.54, 1.807) is 6.07 Å². The highest BCUT2D eigenvalue weighted by atomic mass is 32.1. The number of fused-ring (bicyclic) bond motifs is 1. The number of aromatic nitrogens is 2. The molecule has 1 N–H and O–H groups in total. The van der Waals surface area contributed by atoms with Crippen molar-refractivity contribution in [2.75, 3.05) is 0 Å². The van der Waals surface area contributed by atoms with Crippen molar-refractivity contribution in [1.29, 1.82) is 0 Å². The summed E-state index contributed by atoms with van der Waals surface area (Å²) < 4.78 is 0. The number of nitrogens with zero attached hydrogens (tertiary/aromatic N) is 4. The standard InChI is InChI=1S/C13H10N4OS2/c1-7-14-16-13(20-7)17-15-10-6-11(19)12(18)9-5-3-2-4-8(9)10/h2-6,18-19H,1H3. The predicted octanol–water partition coefficient (Wildman–Crippen LogP) is 4.41. The number of aromatic hydroxyl groups is 1. The first-order valence-electron chi connectivity index (χ1n) is 5.80. The van der Waals surface area contributed by atoms with E-state index in [0.717, 1.165) is 10.4 Å². The van der Waals surface area contributed by atoms with Crippen LogP contribution in [0.3, 0.4) is 0 Å². The van der Waals surface area contributed by atoms with Crippen molar-refractivity contribution in [1.82, 2.24) is 10.2 Å². The molecule has 0 spiro atoms.